The van der Waals surface area contributed by atoms with Gasteiger partial charge in [-0.15, -0.1) is 0 Å². The number of nitrogens with one attached hydrogen (secondary N) is 1. The van der Waals surface area contributed by atoms with Crippen LogP contribution in [-0.4, -0.2) is 21.8 Å². The van der Waals surface area contributed by atoms with Crippen LogP contribution in [0.25, 0.3) is 10.9 Å². The second kappa shape index (κ2) is 3.48. The Morgan fingerprint density at radius 2 is 2.00 bits per heavy atom. The molecule has 0 radical (unpaired) electrons. The molecule has 0 saturated heterocycles. The molecule has 2 aromatic rings. The Kier molecular flexibility index (Phi) is 2.27. The van der Waals surface area contributed by atoms with Crippen molar-refractivity contribution in [1.29, 1.82) is 0 Å². The van der Waals surface area contributed by atoms with Gasteiger partial charge in [-0.25, -0.2) is 4.79 Å². The Labute approximate surface area is 91.9 Å². The number of carboxylic acid groups (broad SMARTS) is 1. The van der Waals surface area contributed by atoms with E-state index in [-0.39, 0.29) is 17.0 Å². The van der Waals surface area contributed by atoms with Gasteiger partial charge in [-0.1, -0.05) is 18.2 Å². The van der Waals surface area contributed by atoms with Gasteiger partial charge in [-0.3, -0.25) is 4.79 Å². The molecule has 0 amide bonds. The van der Waals surface area contributed by atoms with Crippen molar-refractivity contribution in [3.8, 4) is 0 Å². The first kappa shape index (κ1) is 10.4. The lowest BCUT2D eigenvalue weighted by Gasteiger charge is -1.96. The number of Topliss-reactive ketones (excluding diaryl/α,β-unsaturated/α-hetero) is 1. The van der Waals surface area contributed by atoms with Crippen molar-refractivity contribution in [2.24, 2.45) is 0 Å². The van der Waals surface area contributed by atoms with Crippen LogP contribution in [0.3, 0.4) is 0 Å². The zero-order valence-electron chi connectivity index (χ0n) is 9.00. The van der Waals surface area contributed by atoms with E-state index in [2.05, 4.69) is 4.98 Å². The molecule has 16 heavy (non-hydrogen) atoms. The first-order valence-electron chi connectivity index (χ1n) is 4.88. The number of aromatic carboxylic acids is 1. The third-order valence-corrected chi connectivity index (χ3v) is 2.61. The maximum atomic E-state index is 11.5. The van der Waals surface area contributed by atoms with E-state index in [1.54, 1.807) is 6.07 Å². The highest BCUT2D eigenvalue weighted by atomic mass is 16.4. The molecule has 0 bridgehead atoms. The molecule has 0 unspecified atom stereocenters. The molecule has 0 aliphatic rings. The predicted octanol–water partition coefficient (Wildman–Crippen LogP) is 2.38. The fourth-order valence-corrected chi connectivity index (χ4v) is 1.89. The molecule has 0 atom stereocenters. The Balaban J connectivity index is 2.92. The summed E-state index contributed by atoms with van der Waals surface area (Å²) < 4.78 is 0. The number of H-pyrrole nitrogens is 1. The Morgan fingerprint density at radius 3 is 2.56 bits per heavy atom. The normalized spacial score (nSPS) is 10.6. The summed E-state index contributed by atoms with van der Waals surface area (Å²) in [6.07, 6.45) is 0. The number of para-hydroxylation sites is 1. The van der Waals surface area contributed by atoms with Gasteiger partial charge < -0.3 is 10.1 Å². The van der Waals surface area contributed by atoms with Crippen LogP contribution in [0.1, 0.15) is 33.3 Å². The SMILES string of the molecule is CC(=O)c1c(C(=O)O)[nH]c2c(C)cccc12. The number of hydrogen-bond donors (Lipinski definition) is 2. The number of carbonyl (C=O) groups excluding carboxylic acids is 1. The van der Waals surface area contributed by atoms with E-state index in [9.17, 15) is 9.59 Å². The number of ketones is 1. The molecule has 4 heteroatoms. The minimum absolute atomic E-state index is 0.0307. The summed E-state index contributed by atoms with van der Waals surface area (Å²) in [5, 5.41) is 9.69. The molecular formula is C12H11NO3. The molecule has 1 heterocycles. The number of carbonyl (C=O) groups is 2. The van der Waals surface area contributed by atoms with Crippen molar-refractivity contribution >= 4 is 22.7 Å². The highest BCUT2D eigenvalue weighted by molar-refractivity contribution is 6.14. The van der Waals surface area contributed by atoms with Crippen molar-refractivity contribution in [2.75, 3.05) is 0 Å². The van der Waals surface area contributed by atoms with E-state index in [4.69, 9.17) is 5.11 Å². The number of rotatable bonds is 2. The summed E-state index contributed by atoms with van der Waals surface area (Å²) >= 11 is 0. The molecule has 0 spiro atoms. The standard InChI is InChI=1S/C12H11NO3/c1-6-4-3-5-8-9(7(2)14)11(12(15)16)13-10(6)8/h3-5,13H,1-2H3,(H,15,16). The third-order valence-electron chi connectivity index (χ3n) is 2.61. The molecule has 2 N–H and O–H groups in total. The van der Waals surface area contributed by atoms with E-state index >= 15 is 0 Å². The quantitative estimate of drug-likeness (QED) is 0.758. The second-order valence-electron chi connectivity index (χ2n) is 3.73. The molecule has 0 aliphatic carbocycles. The van der Waals surface area contributed by atoms with Crippen molar-refractivity contribution in [2.45, 2.75) is 13.8 Å². The molecule has 1 aromatic heterocycles. The van der Waals surface area contributed by atoms with Crippen molar-refractivity contribution < 1.29 is 14.7 Å². The Morgan fingerprint density at radius 1 is 1.31 bits per heavy atom. The van der Waals surface area contributed by atoms with Gasteiger partial charge in [0, 0.05) is 10.9 Å². The molecule has 4 nitrogen and oxygen atoms in total. The van der Waals surface area contributed by atoms with Crippen LogP contribution in [0.2, 0.25) is 0 Å². The first-order valence-corrected chi connectivity index (χ1v) is 4.88. The first-order chi connectivity index (χ1) is 7.52. The predicted molar refractivity (Wildman–Crippen MR) is 60.0 cm³/mol. The van der Waals surface area contributed by atoms with Gasteiger partial charge in [0.2, 0.25) is 0 Å². The van der Waals surface area contributed by atoms with Crippen LogP contribution in [0.15, 0.2) is 18.2 Å². The smallest absolute Gasteiger partial charge is 0.353 e. The number of carboxylic acids is 1. The minimum atomic E-state index is -1.11. The number of aryl methyl sites for hydroxylation is 1. The fraction of sp³-hybridized carbons (Fsp3) is 0.167. The van der Waals surface area contributed by atoms with Crippen LogP contribution in [0.5, 0.6) is 0 Å². The zero-order chi connectivity index (χ0) is 11.9. The van der Waals surface area contributed by atoms with Gasteiger partial charge in [0.25, 0.3) is 0 Å². The summed E-state index contributed by atoms with van der Waals surface area (Å²) in [5.74, 6) is -1.35. The molecule has 82 valence electrons. The van der Waals surface area contributed by atoms with Gasteiger partial charge in [0.1, 0.15) is 5.69 Å². The summed E-state index contributed by atoms with van der Waals surface area (Å²) in [6.45, 7) is 3.24. The Bertz CT molecular complexity index is 596. The van der Waals surface area contributed by atoms with E-state index < -0.39 is 5.97 Å². The van der Waals surface area contributed by atoms with Gasteiger partial charge in [0.15, 0.2) is 5.78 Å². The van der Waals surface area contributed by atoms with Crippen molar-refractivity contribution in [3.05, 3.63) is 35.0 Å². The van der Waals surface area contributed by atoms with E-state index in [1.165, 1.54) is 6.92 Å². The average Bonchev–Trinajstić information content (AvgIpc) is 2.58. The highest BCUT2D eigenvalue weighted by Gasteiger charge is 2.20. The molecule has 0 saturated carbocycles. The number of fused-ring (bicyclic) bond motifs is 1. The van der Waals surface area contributed by atoms with E-state index in [0.717, 1.165) is 5.56 Å². The summed E-state index contributed by atoms with van der Waals surface area (Å²) in [4.78, 5) is 25.3. The summed E-state index contributed by atoms with van der Waals surface area (Å²) in [7, 11) is 0. The minimum Gasteiger partial charge on any atom is -0.477 e. The molecule has 0 fully saturated rings. The second-order valence-corrected chi connectivity index (χ2v) is 3.73. The topological polar surface area (TPSA) is 70.2 Å². The van der Waals surface area contributed by atoms with Crippen LogP contribution >= 0.6 is 0 Å². The van der Waals surface area contributed by atoms with Gasteiger partial charge >= 0.3 is 5.97 Å². The third kappa shape index (κ3) is 1.39. The largest absolute Gasteiger partial charge is 0.477 e. The van der Waals surface area contributed by atoms with Crippen molar-refractivity contribution in [1.82, 2.24) is 4.98 Å². The Hall–Kier alpha value is -2.10. The van der Waals surface area contributed by atoms with Gasteiger partial charge in [-0.2, -0.15) is 0 Å². The number of hydrogen-bond acceptors (Lipinski definition) is 2. The lowest BCUT2D eigenvalue weighted by Crippen LogP contribution is -2.04. The monoisotopic (exact) mass is 217 g/mol. The fourth-order valence-electron chi connectivity index (χ4n) is 1.89. The summed E-state index contributed by atoms with van der Waals surface area (Å²) in [6, 6.07) is 5.43. The maximum absolute atomic E-state index is 11.5. The lowest BCUT2D eigenvalue weighted by molar-refractivity contribution is 0.0687. The number of benzene rings is 1. The lowest BCUT2D eigenvalue weighted by atomic mass is 10.1. The molecule has 1 aromatic carbocycles. The van der Waals surface area contributed by atoms with Gasteiger partial charge in [0.05, 0.1) is 5.56 Å². The summed E-state index contributed by atoms with van der Waals surface area (Å²) in [5.41, 5.74) is 1.86. The van der Waals surface area contributed by atoms with E-state index in [0.29, 0.717) is 10.9 Å². The van der Waals surface area contributed by atoms with Crippen LogP contribution in [0.4, 0.5) is 0 Å². The highest BCUT2D eigenvalue weighted by Crippen LogP contribution is 2.25. The van der Waals surface area contributed by atoms with Crippen LogP contribution < -0.4 is 0 Å². The van der Waals surface area contributed by atoms with E-state index in [1.807, 2.05) is 19.1 Å². The molecule has 2 rings (SSSR count). The zero-order valence-corrected chi connectivity index (χ0v) is 9.00. The number of aromatic amines is 1. The average molecular weight is 217 g/mol. The van der Waals surface area contributed by atoms with Crippen molar-refractivity contribution in [3.63, 3.8) is 0 Å². The van der Waals surface area contributed by atoms with Crippen LogP contribution in [-0.2, 0) is 0 Å². The molecule has 0 aliphatic heterocycles. The number of aromatic nitrogens is 1. The maximum Gasteiger partial charge on any atom is 0.353 e. The molecular weight excluding hydrogens is 206 g/mol. The van der Waals surface area contributed by atoms with Crippen LogP contribution in [0, 0.1) is 6.92 Å². The van der Waals surface area contributed by atoms with Gasteiger partial charge in [-0.05, 0) is 19.4 Å².